The highest BCUT2D eigenvalue weighted by Gasteiger charge is 2.17. The number of halogens is 2. The van der Waals surface area contributed by atoms with Gasteiger partial charge >= 0.3 is 5.97 Å². The Bertz CT molecular complexity index is 731. The summed E-state index contributed by atoms with van der Waals surface area (Å²) in [4.78, 5) is 23.6. The van der Waals surface area contributed by atoms with Crippen LogP contribution in [0.2, 0.25) is 5.02 Å². The number of amides is 1. The van der Waals surface area contributed by atoms with Gasteiger partial charge in [0.1, 0.15) is 0 Å². The van der Waals surface area contributed by atoms with E-state index in [0.29, 0.717) is 20.6 Å². The largest absolute Gasteiger partial charge is 0.478 e. The second kappa shape index (κ2) is 6.28. The van der Waals surface area contributed by atoms with E-state index in [9.17, 15) is 14.7 Å². The summed E-state index contributed by atoms with van der Waals surface area (Å²) in [6, 6.07) is 9.67. The lowest BCUT2D eigenvalue weighted by molar-refractivity contribution is 0.0698. The molecule has 2 N–H and O–H groups in total. The number of anilines is 1. The fraction of sp³-hybridized carbons (Fsp3) is 0.0667. The molecule has 0 aliphatic carbocycles. The van der Waals surface area contributed by atoms with E-state index in [1.54, 1.807) is 37.3 Å². The fourth-order valence-electron chi connectivity index (χ4n) is 1.86. The van der Waals surface area contributed by atoms with E-state index in [1.165, 1.54) is 6.07 Å². The molecule has 2 aromatic carbocycles. The lowest BCUT2D eigenvalue weighted by Crippen LogP contribution is -2.16. The first kappa shape index (κ1) is 15.5. The standard InChI is InChI=1S/C15H11BrClNO3/c1-8-9(4-3-7-12(8)17)14(19)18-13-10(15(20)21)5-2-6-11(13)16/h2-7H,1H3,(H,18,19)(H,20,21). The van der Waals surface area contributed by atoms with Crippen LogP contribution in [0.25, 0.3) is 0 Å². The van der Waals surface area contributed by atoms with E-state index < -0.39 is 11.9 Å². The maximum Gasteiger partial charge on any atom is 0.337 e. The molecule has 0 aliphatic heterocycles. The van der Waals surface area contributed by atoms with Crippen LogP contribution in [0.5, 0.6) is 0 Å². The number of aromatic carboxylic acids is 1. The lowest BCUT2D eigenvalue weighted by Gasteiger charge is -2.12. The van der Waals surface area contributed by atoms with Gasteiger partial charge in [-0.2, -0.15) is 0 Å². The second-order valence-electron chi connectivity index (χ2n) is 4.33. The minimum Gasteiger partial charge on any atom is -0.478 e. The van der Waals surface area contributed by atoms with Crippen LogP contribution in [-0.4, -0.2) is 17.0 Å². The van der Waals surface area contributed by atoms with Crippen molar-refractivity contribution in [1.82, 2.24) is 0 Å². The number of nitrogens with one attached hydrogen (secondary N) is 1. The van der Waals surface area contributed by atoms with Gasteiger partial charge < -0.3 is 10.4 Å². The van der Waals surface area contributed by atoms with Gasteiger partial charge in [-0.05, 0) is 52.7 Å². The number of benzene rings is 2. The van der Waals surface area contributed by atoms with E-state index in [1.807, 2.05) is 0 Å². The molecule has 0 aliphatic rings. The van der Waals surface area contributed by atoms with Gasteiger partial charge in [0.25, 0.3) is 5.91 Å². The van der Waals surface area contributed by atoms with Crippen LogP contribution < -0.4 is 5.32 Å². The average Bonchev–Trinajstić information content (AvgIpc) is 2.43. The maximum atomic E-state index is 12.3. The van der Waals surface area contributed by atoms with E-state index in [2.05, 4.69) is 21.2 Å². The molecule has 21 heavy (non-hydrogen) atoms. The highest BCUT2D eigenvalue weighted by molar-refractivity contribution is 9.10. The summed E-state index contributed by atoms with van der Waals surface area (Å²) in [5.74, 6) is -1.53. The first-order chi connectivity index (χ1) is 9.91. The molecule has 1 amide bonds. The predicted molar refractivity (Wildman–Crippen MR) is 85.2 cm³/mol. The van der Waals surface area contributed by atoms with Gasteiger partial charge in [-0.1, -0.05) is 23.7 Å². The van der Waals surface area contributed by atoms with Crippen LogP contribution in [0.15, 0.2) is 40.9 Å². The molecule has 4 nitrogen and oxygen atoms in total. The van der Waals surface area contributed by atoms with Crippen molar-refractivity contribution in [3.05, 3.63) is 62.6 Å². The smallest absolute Gasteiger partial charge is 0.337 e. The number of carboxylic acids is 1. The monoisotopic (exact) mass is 367 g/mol. The van der Waals surface area contributed by atoms with Crippen molar-refractivity contribution in [2.24, 2.45) is 0 Å². The van der Waals surface area contributed by atoms with E-state index >= 15 is 0 Å². The lowest BCUT2D eigenvalue weighted by atomic mass is 10.1. The van der Waals surface area contributed by atoms with E-state index in [4.69, 9.17) is 11.6 Å². The third-order valence-electron chi connectivity index (χ3n) is 2.99. The van der Waals surface area contributed by atoms with Gasteiger partial charge in [0, 0.05) is 15.1 Å². The molecule has 0 heterocycles. The Morgan fingerprint density at radius 3 is 2.43 bits per heavy atom. The van der Waals surface area contributed by atoms with Crippen molar-refractivity contribution in [2.45, 2.75) is 6.92 Å². The second-order valence-corrected chi connectivity index (χ2v) is 5.60. The Kier molecular flexibility index (Phi) is 4.65. The molecule has 6 heteroatoms. The number of carbonyl (C=O) groups is 2. The van der Waals surface area contributed by atoms with Gasteiger partial charge in [0.05, 0.1) is 11.3 Å². The fourth-order valence-corrected chi connectivity index (χ4v) is 2.50. The van der Waals surface area contributed by atoms with Crippen molar-refractivity contribution >= 4 is 45.1 Å². The minimum atomic E-state index is -1.12. The van der Waals surface area contributed by atoms with Gasteiger partial charge in [-0.15, -0.1) is 0 Å². The summed E-state index contributed by atoms with van der Waals surface area (Å²) in [6.45, 7) is 1.73. The van der Waals surface area contributed by atoms with Crippen LogP contribution in [0.3, 0.4) is 0 Å². The number of rotatable bonds is 3. The Morgan fingerprint density at radius 2 is 1.76 bits per heavy atom. The van der Waals surface area contributed by atoms with Gasteiger partial charge in [0.2, 0.25) is 0 Å². The summed E-state index contributed by atoms with van der Waals surface area (Å²) in [7, 11) is 0. The van der Waals surface area contributed by atoms with Gasteiger partial charge in [-0.3, -0.25) is 4.79 Å². The third kappa shape index (κ3) is 3.25. The quantitative estimate of drug-likeness (QED) is 0.846. The van der Waals surface area contributed by atoms with Crippen LogP contribution in [0, 0.1) is 6.92 Å². The van der Waals surface area contributed by atoms with Crippen LogP contribution in [0.1, 0.15) is 26.3 Å². The Labute approximate surface area is 134 Å². The zero-order chi connectivity index (χ0) is 15.6. The van der Waals surface area contributed by atoms with E-state index in [-0.39, 0.29) is 11.3 Å². The molecule has 0 radical (unpaired) electrons. The number of hydrogen-bond donors (Lipinski definition) is 2. The molecule has 0 fully saturated rings. The first-order valence-electron chi connectivity index (χ1n) is 6.00. The minimum absolute atomic E-state index is 0.0115. The summed E-state index contributed by atoms with van der Waals surface area (Å²) in [5.41, 5.74) is 1.27. The summed E-state index contributed by atoms with van der Waals surface area (Å²) < 4.78 is 0.496. The van der Waals surface area contributed by atoms with Crippen molar-refractivity contribution in [3.8, 4) is 0 Å². The number of carboxylic acid groups (broad SMARTS) is 1. The molecule has 2 aromatic rings. The highest BCUT2D eigenvalue weighted by Crippen LogP contribution is 2.28. The molecule has 0 saturated carbocycles. The summed E-state index contributed by atoms with van der Waals surface area (Å²) in [6.07, 6.45) is 0. The molecule has 0 atom stereocenters. The van der Waals surface area contributed by atoms with E-state index in [0.717, 1.165) is 0 Å². The topological polar surface area (TPSA) is 66.4 Å². The highest BCUT2D eigenvalue weighted by atomic mass is 79.9. The summed E-state index contributed by atoms with van der Waals surface area (Å²) >= 11 is 9.24. The SMILES string of the molecule is Cc1c(Cl)cccc1C(=O)Nc1c(Br)cccc1C(=O)O. The van der Waals surface area contributed by atoms with Crippen LogP contribution >= 0.6 is 27.5 Å². The molecule has 0 bridgehead atoms. The zero-order valence-electron chi connectivity index (χ0n) is 11.0. The predicted octanol–water partition coefficient (Wildman–Crippen LogP) is 4.36. The Balaban J connectivity index is 2.41. The first-order valence-corrected chi connectivity index (χ1v) is 7.17. The molecule has 0 spiro atoms. The average molecular weight is 369 g/mol. The Hall–Kier alpha value is -1.85. The van der Waals surface area contributed by atoms with Crippen molar-refractivity contribution in [3.63, 3.8) is 0 Å². The molecule has 0 saturated heterocycles. The molecule has 0 unspecified atom stereocenters. The van der Waals surface area contributed by atoms with Gasteiger partial charge in [-0.25, -0.2) is 4.79 Å². The molecular formula is C15H11BrClNO3. The maximum absolute atomic E-state index is 12.3. The Morgan fingerprint density at radius 1 is 1.14 bits per heavy atom. The van der Waals surface area contributed by atoms with Crippen molar-refractivity contribution in [1.29, 1.82) is 0 Å². The molecule has 108 valence electrons. The number of carbonyl (C=O) groups excluding carboxylic acids is 1. The van der Waals surface area contributed by atoms with Crippen molar-refractivity contribution in [2.75, 3.05) is 5.32 Å². The zero-order valence-corrected chi connectivity index (χ0v) is 13.3. The molecule has 2 rings (SSSR count). The number of para-hydroxylation sites is 1. The van der Waals surface area contributed by atoms with Crippen molar-refractivity contribution < 1.29 is 14.7 Å². The third-order valence-corrected chi connectivity index (χ3v) is 4.07. The number of hydrogen-bond acceptors (Lipinski definition) is 2. The van der Waals surface area contributed by atoms with Crippen LogP contribution in [-0.2, 0) is 0 Å². The molecular weight excluding hydrogens is 358 g/mol. The van der Waals surface area contributed by atoms with Gasteiger partial charge in [0.15, 0.2) is 0 Å². The van der Waals surface area contributed by atoms with Crippen LogP contribution in [0.4, 0.5) is 5.69 Å². The molecule has 0 aromatic heterocycles. The summed E-state index contributed by atoms with van der Waals surface area (Å²) in [5, 5.41) is 12.3. The normalized spacial score (nSPS) is 10.2.